The van der Waals surface area contributed by atoms with Crippen LogP contribution in [0.3, 0.4) is 0 Å². The molecule has 0 atom stereocenters. The number of fused-ring (bicyclic) bond motifs is 3. The van der Waals surface area contributed by atoms with Gasteiger partial charge in [0.1, 0.15) is 11.4 Å². The van der Waals surface area contributed by atoms with Gasteiger partial charge in [0.15, 0.2) is 5.78 Å². The molecule has 0 fully saturated rings. The van der Waals surface area contributed by atoms with E-state index in [4.69, 9.17) is 4.74 Å². The van der Waals surface area contributed by atoms with Crippen LogP contribution in [0.25, 0.3) is 16.8 Å². The monoisotopic (exact) mass is 405 g/mol. The number of hydrogen-bond acceptors (Lipinski definition) is 7. The van der Waals surface area contributed by atoms with Crippen molar-refractivity contribution in [2.45, 2.75) is 19.4 Å². The Morgan fingerprint density at radius 1 is 1.07 bits per heavy atom. The maximum Gasteiger partial charge on any atom is 0.296 e. The fourth-order valence-corrected chi connectivity index (χ4v) is 3.27. The van der Waals surface area contributed by atoms with Crippen molar-refractivity contribution >= 4 is 28.6 Å². The molecule has 30 heavy (non-hydrogen) atoms. The van der Waals surface area contributed by atoms with Crippen LogP contribution >= 0.6 is 0 Å². The Labute approximate surface area is 170 Å². The Hall–Kier alpha value is -4.01. The number of methoxy groups -OCH3 is 1. The Bertz CT molecular complexity index is 1320. The van der Waals surface area contributed by atoms with Crippen molar-refractivity contribution in [2.75, 3.05) is 7.11 Å². The van der Waals surface area contributed by atoms with Crippen LogP contribution < -0.4 is 15.4 Å². The minimum atomic E-state index is -1.27. The minimum Gasteiger partial charge on any atom is -0.550 e. The number of carbonyl (C=O) groups is 2. The number of aliphatic carboxylic acids is 1. The smallest absolute Gasteiger partial charge is 0.296 e. The normalized spacial score (nSPS) is 11.1. The van der Waals surface area contributed by atoms with E-state index >= 15 is 0 Å². The second-order valence-electron chi connectivity index (χ2n) is 6.67. The number of imidazole rings is 1. The summed E-state index contributed by atoms with van der Waals surface area (Å²) in [7, 11) is 1.55. The first-order valence-electron chi connectivity index (χ1n) is 9.22. The molecule has 0 bridgehead atoms. The van der Waals surface area contributed by atoms with Crippen LogP contribution in [0.2, 0.25) is 0 Å². The second-order valence-corrected chi connectivity index (χ2v) is 6.67. The summed E-state index contributed by atoms with van der Waals surface area (Å²) in [5.74, 6) is -0.588. The van der Waals surface area contributed by atoms with E-state index in [1.807, 2.05) is 6.07 Å². The number of Topliss-reactive ketones (excluding diaryl/α,β-unsaturated/α-hetero) is 1. The molecule has 0 unspecified atom stereocenters. The van der Waals surface area contributed by atoms with Gasteiger partial charge in [0.2, 0.25) is 5.78 Å². The molecule has 0 saturated carbocycles. The lowest BCUT2D eigenvalue weighted by Gasteiger charge is -2.06. The molecule has 2 aromatic carbocycles. The van der Waals surface area contributed by atoms with E-state index in [-0.39, 0.29) is 36.6 Å². The van der Waals surface area contributed by atoms with Crippen molar-refractivity contribution in [3.05, 3.63) is 70.1 Å². The van der Waals surface area contributed by atoms with Gasteiger partial charge in [-0.15, -0.1) is 0 Å². The van der Waals surface area contributed by atoms with Gasteiger partial charge >= 0.3 is 0 Å². The molecule has 0 aliphatic carbocycles. The van der Waals surface area contributed by atoms with E-state index in [0.717, 1.165) is 0 Å². The van der Waals surface area contributed by atoms with Crippen LogP contribution in [0.5, 0.6) is 5.75 Å². The van der Waals surface area contributed by atoms with Crippen molar-refractivity contribution in [3.63, 3.8) is 0 Å². The molecule has 4 aromatic rings. The first-order valence-corrected chi connectivity index (χ1v) is 9.22. The molecule has 0 saturated heterocycles. The lowest BCUT2D eigenvalue weighted by Crippen LogP contribution is -2.26. The van der Waals surface area contributed by atoms with Gasteiger partial charge in [-0.1, -0.05) is 12.1 Å². The number of aromatic nitrogens is 4. The second kappa shape index (κ2) is 7.78. The first-order chi connectivity index (χ1) is 14.5. The number of ether oxygens (including phenoxy) is 1. The van der Waals surface area contributed by atoms with Gasteiger partial charge in [-0.05, 0) is 42.8 Å². The first kappa shape index (κ1) is 19.3. The molecule has 2 aromatic heterocycles. The zero-order valence-electron chi connectivity index (χ0n) is 16.1. The molecular weight excluding hydrogens is 388 g/mol. The topological polar surface area (TPSA) is 119 Å². The largest absolute Gasteiger partial charge is 0.550 e. The highest BCUT2D eigenvalue weighted by Gasteiger charge is 2.18. The number of ketones is 1. The average Bonchev–Trinajstić information content (AvgIpc) is 3.04. The molecule has 0 radical (unpaired) electrons. The number of rotatable bonds is 7. The summed E-state index contributed by atoms with van der Waals surface area (Å²) in [5.41, 5.74) is 1.22. The zero-order valence-corrected chi connectivity index (χ0v) is 16.1. The number of carbonyl (C=O) groups excluding carboxylic acids is 2. The third kappa shape index (κ3) is 3.52. The minimum absolute atomic E-state index is 0.0288. The van der Waals surface area contributed by atoms with Crippen LogP contribution in [0.1, 0.15) is 22.5 Å². The molecule has 0 aliphatic heterocycles. The van der Waals surface area contributed by atoms with Crippen molar-refractivity contribution in [2.24, 2.45) is 0 Å². The summed E-state index contributed by atoms with van der Waals surface area (Å²) in [4.78, 5) is 40.1. The van der Waals surface area contributed by atoms with Gasteiger partial charge in [-0.2, -0.15) is 14.6 Å². The lowest BCUT2D eigenvalue weighted by atomic mass is 10.1. The predicted octanol–water partition coefficient (Wildman–Crippen LogP) is 0.618. The van der Waals surface area contributed by atoms with E-state index in [1.165, 1.54) is 4.52 Å². The number of para-hydroxylation sites is 2. The van der Waals surface area contributed by atoms with Gasteiger partial charge in [-0.25, -0.2) is 0 Å². The highest BCUT2D eigenvalue weighted by molar-refractivity contribution is 5.97. The molecule has 0 aliphatic rings. The number of carboxylic acid groups (broad SMARTS) is 1. The zero-order chi connectivity index (χ0) is 21.3. The number of nitrogens with zero attached hydrogens (tertiary/aromatic N) is 4. The molecule has 9 heteroatoms. The Balaban J connectivity index is 1.79. The Morgan fingerprint density at radius 2 is 1.77 bits per heavy atom. The fraction of sp³-hybridized carbons (Fsp3) is 0.190. The van der Waals surface area contributed by atoms with Gasteiger partial charge in [0.25, 0.3) is 5.56 Å². The van der Waals surface area contributed by atoms with E-state index in [2.05, 4.69) is 10.1 Å². The van der Waals surface area contributed by atoms with Crippen LogP contribution in [0, 0.1) is 0 Å². The van der Waals surface area contributed by atoms with Crippen molar-refractivity contribution < 1.29 is 19.4 Å². The highest BCUT2D eigenvalue weighted by atomic mass is 16.5. The summed E-state index contributed by atoms with van der Waals surface area (Å²) >= 11 is 0. The van der Waals surface area contributed by atoms with E-state index in [9.17, 15) is 19.5 Å². The third-order valence-corrected chi connectivity index (χ3v) is 4.78. The lowest BCUT2D eigenvalue weighted by molar-refractivity contribution is -0.305. The van der Waals surface area contributed by atoms with Crippen LogP contribution in [0.15, 0.2) is 53.3 Å². The van der Waals surface area contributed by atoms with E-state index in [0.29, 0.717) is 22.3 Å². The number of carboxylic acids is 1. The molecule has 0 spiro atoms. The summed E-state index contributed by atoms with van der Waals surface area (Å²) in [6, 6.07) is 14.0. The maximum atomic E-state index is 12.9. The molecule has 4 rings (SSSR count). The molecule has 0 N–H and O–H groups in total. The van der Waals surface area contributed by atoms with Crippen LogP contribution in [0.4, 0.5) is 0 Å². The van der Waals surface area contributed by atoms with Gasteiger partial charge < -0.3 is 19.2 Å². The molecule has 2 heterocycles. The quantitative estimate of drug-likeness (QED) is 0.414. The van der Waals surface area contributed by atoms with Crippen LogP contribution in [-0.2, 0) is 17.8 Å². The summed E-state index contributed by atoms with van der Waals surface area (Å²) in [5, 5.41) is 15.0. The molecule has 152 valence electrons. The third-order valence-electron chi connectivity index (χ3n) is 4.78. The predicted molar refractivity (Wildman–Crippen MR) is 105 cm³/mol. The average molecular weight is 405 g/mol. The summed E-state index contributed by atoms with van der Waals surface area (Å²) in [6.45, 7) is -0.0458. The summed E-state index contributed by atoms with van der Waals surface area (Å²) in [6.07, 6.45) is -0.411. The van der Waals surface area contributed by atoms with Gasteiger partial charge in [-0.3, -0.25) is 9.59 Å². The fourth-order valence-electron chi connectivity index (χ4n) is 3.27. The molecule has 0 amide bonds. The maximum absolute atomic E-state index is 12.9. The summed E-state index contributed by atoms with van der Waals surface area (Å²) < 4.78 is 8.20. The molecule has 9 nitrogen and oxygen atoms in total. The van der Waals surface area contributed by atoms with Crippen LogP contribution in [-0.4, -0.2) is 38.0 Å². The number of aryl methyl sites for hydroxylation is 1. The molecular formula is C21H17N4O5-. The number of benzene rings is 2. The number of hydrogen-bond donors (Lipinski definition) is 0. The van der Waals surface area contributed by atoms with Crippen molar-refractivity contribution in [1.29, 1.82) is 0 Å². The highest BCUT2D eigenvalue weighted by Crippen LogP contribution is 2.20. The van der Waals surface area contributed by atoms with Crippen molar-refractivity contribution in [1.82, 2.24) is 19.2 Å². The Morgan fingerprint density at radius 3 is 2.43 bits per heavy atom. The van der Waals surface area contributed by atoms with Crippen molar-refractivity contribution in [3.8, 4) is 5.75 Å². The standard InChI is InChI=1S/C21H18N4O5/c1-30-14-8-6-13(7-9-14)18(26)12-24-16-4-2-3-5-17(16)25-21(24)22-20(29)15(23-25)10-11-19(27)28/h2-9H,10-12H2,1H3,(H,27,28)/p-1. The Kier molecular flexibility index (Phi) is 5.01. The van der Waals surface area contributed by atoms with E-state index in [1.54, 1.807) is 54.1 Å². The van der Waals surface area contributed by atoms with Gasteiger partial charge in [0, 0.05) is 18.0 Å². The van der Waals surface area contributed by atoms with E-state index < -0.39 is 11.5 Å². The SMILES string of the molecule is COc1ccc(C(=O)Cn2c3ccccc3n3nc(CCC(=O)[O-])c(=O)nc23)cc1. The van der Waals surface area contributed by atoms with Gasteiger partial charge in [0.05, 0.1) is 24.7 Å².